The summed E-state index contributed by atoms with van der Waals surface area (Å²) in [5.41, 5.74) is 2.41. The Kier molecular flexibility index (Phi) is 7.75. The third kappa shape index (κ3) is 5.47. The maximum Gasteiger partial charge on any atom is 0.260 e. The molecule has 43 heavy (non-hydrogen) atoms. The third-order valence-corrected chi connectivity index (χ3v) is 9.55. The predicted molar refractivity (Wildman–Crippen MR) is 169 cm³/mol. The van der Waals surface area contributed by atoms with Gasteiger partial charge in [0.2, 0.25) is 0 Å². The standard InChI is InChI=1S/C33H33N3O6S/c37-16-13-34-9-11-35(12-10-34)30(39)21-41-22-7-8-29-27(19-22)25-5-2-4-24(33(25)43-29)23-3-1-6-26-28(38)20-31(42-32(23)26)36-14-17-40-18-15-36/h1-8,19-20,37H,9-18,21H2. The number of nitrogens with zero attached hydrogens (tertiary/aromatic N) is 3. The zero-order chi connectivity index (χ0) is 29.3. The molecule has 0 aliphatic carbocycles. The minimum Gasteiger partial charge on any atom is -0.484 e. The van der Waals surface area contributed by atoms with Crippen LogP contribution in [0.1, 0.15) is 0 Å². The van der Waals surface area contributed by atoms with Crippen molar-refractivity contribution < 1.29 is 23.8 Å². The fourth-order valence-corrected chi connectivity index (χ4v) is 7.21. The van der Waals surface area contributed by atoms with Crippen molar-refractivity contribution in [3.8, 4) is 16.9 Å². The Labute approximate surface area is 252 Å². The average molecular weight is 600 g/mol. The van der Waals surface area contributed by atoms with Gasteiger partial charge in [-0.3, -0.25) is 14.5 Å². The molecule has 7 rings (SSSR count). The van der Waals surface area contributed by atoms with Crippen molar-refractivity contribution in [1.82, 2.24) is 9.80 Å². The quantitative estimate of drug-likeness (QED) is 0.298. The summed E-state index contributed by atoms with van der Waals surface area (Å²) in [6, 6.07) is 19.5. The molecule has 0 saturated carbocycles. The van der Waals surface area contributed by atoms with Crippen LogP contribution in [-0.4, -0.2) is 93.1 Å². The van der Waals surface area contributed by atoms with Crippen LogP contribution < -0.4 is 15.1 Å². The Hall–Kier alpha value is -3.96. The number of thiophene rings is 1. The summed E-state index contributed by atoms with van der Waals surface area (Å²) >= 11 is 1.69. The van der Waals surface area contributed by atoms with Crippen molar-refractivity contribution in [2.24, 2.45) is 0 Å². The van der Waals surface area contributed by atoms with Gasteiger partial charge < -0.3 is 28.8 Å². The molecule has 0 atom stereocenters. The van der Waals surface area contributed by atoms with Crippen LogP contribution in [0.2, 0.25) is 0 Å². The van der Waals surface area contributed by atoms with Gasteiger partial charge in [0, 0.05) is 83.2 Å². The molecule has 2 saturated heterocycles. The fourth-order valence-electron chi connectivity index (χ4n) is 5.99. The van der Waals surface area contributed by atoms with E-state index in [1.165, 1.54) is 0 Å². The number of ether oxygens (including phenoxy) is 2. The molecule has 3 aromatic carbocycles. The lowest BCUT2D eigenvalue weighted by molar-refractivity contribution is -0.135. The number of β-amino-alcohol motifs (C(OH)–C–C–N with tert-alkyl or cyclic N) is 1. The first kappa shape index (κ1) is 27.8. The van der Waals surface area contributed by atoms with Crippen LogP contribution in [-0.2, 0) is 9.53 Å². The van der Waals surface area contributed by atoms with Crippen LogP contribution in [0, 0.1) is 0 Å². The number of carbonyl (C=O) groups is 1. The highest BCUT2D eigenvalue weighted by molar-refractivity contribution is 7.26. The van der Waals surface area contributed by atoms with Gasteiger partial charge in [0.05, 0.1) is 25.2 Å². The van der Waals surface area contributed by atoms with Gasteiger partial charge in [0.1, 0.15) is 11.3 Å². The van der Waals surface area contributed by atoms with Crippen LogP contribution >= 0.6 is 11.3 Å². The number of hydrogen-bond donors (Lipinski definition) is 1. The summed E-state index contributed by atoms with van der Waals surface area (Å²) in [7, 11) is 0. The van der Waals surface area contributed by atoms with Crippen LogP contribution in [0.15, 0.2) is 69.9 Å². The van der Waals surface area contributed by atoms with Crippen LogP contribution in [0.5, 0.6) is 5.75 Å². The maximum absolute atomic E-state index is 13.2. The molecular formula is C33H33N3O6S. The SMILES string of the molecule is O=C(COc1ccc2sc3c(-c4cccc5c(=O)cc(N6CCOCC6)oc45)cccc3c2c1)N1CCN(CCO)CC1. The molecule has 10 heteroatoms. The van der Waals surface area contributed by atoms with Gasteiger partial charge >= 0.3 is 0 Å². The first-order valence-electron chi connectivity index (χ1n) is 14.7. The van der Waals surface area contributed by atoms with Crippen LogP contribution in [0.25, 0.3) is 42.3 Å². The highest BCUT2D eigenvalue weighted by Gasteiger charge is 2.22. The van der Waals surface area contributed by atoms with Gasteiger partial charge in [0.25, 0.3) is 5.91 Å². The fraction of sp³-hybridized carbons (Fsp3) is 0.333. The predicted octanol–water partition coefficient (Wildman–Crippen LogP) is 4.18. The maximum atomic E-state index is 13.2. The molecule has 2 aliphatic heterocycles. The Balaban J connectivity index is 1.18. The number of aliphatic hydroxyl groups excluding tert-OH is 1. The molecule has 2 aromatic heterocycles. The smallest absolute Gasteiger partial charge is 0.260 e. The zero-order valence-electron chi connectivity index (χ0n) is 23.8. The van der Waals surface area contributed by atoms with E-state index in [4.69, 9.17) is 19.0 Å². The van der Waals surface area contributed by atoms with Gasteiger partial charge in [-0.1, -0.05) is 30.3 Å². The van der Waals surface area contributed by atoms with Gasteiger partial charge in [-0.05, 0) is 24.3 Å². The summed E-state index contributed by atoms with van der Waals surface area (Å²) in [6.45, 7) is 6.12. The largest absolute Gasteiger partial charge is 0.484 e. The molecule has 2 aliphatic rings. The Bertz CT molecular complexity index is 1850. The number of aliphatic hydroxyl groups is 1. The van der Waals surface area contributed by atoms with Crippen molar-refractivity contribution in [1.29, 1.82) is 0 Å². The van der Waals surface area contributed by atoms with E-state index in [0.29, 0.717) is 68.5 Å². The molecule has 1 N–H and O–H groups in total. The molecule has 222 valence electrons. The number of morpholine rings is 1. The van der Waals surface area contributed by atoms with Gasteiger partial charge in [-0.2, -0.15) is 0 Å². The minimum atomic E-state index is -0.0588. The molecule has 4 heterocycles. The Morgan fingerprint density at radius 2 is 1.65 bits per heavy atom. The second-order valence-electron chi connectivity index (χ2n) is 10.9. The summed E-state index contributed by atoms with van der Waals surface area (Å²) in [6.07, 6.45) is 0. The lowest BCUT2D eigenvalue weighted by Gasteiger charge is -2.34. The second kappa shape index (κ2) is 12.0. The molecule has 9 nitrogen and oxygen atoms in total. The van der Waals surface area contributed by atoms with Gasteiger partial charge in [-0.15, -0.1) is 11.3 Å². The first-order chi connectivity index (χ1) is 21.1. The Morgan fingerprint density at radius 3 is 2.44 bits per heavy atom. The third-order valence-electron chi connectivity index (χ3n) is 8.33. The van der Waals surface area contributed by atoms with E-state index in [0.717, 1.165) is 44.4 Å². The van der Waals surface area contributed by atoms with E-state index in [1.54, 1.807) is 17.4 Å². The highest BCUT2D eigenvalue weighted by atomic mass is 32.1. The number of carbonyl (C=O) groups excluding carboxylic acids is 1. The van der Waals surface area contributed by atoms with Crippen LogP contribution in [0.4, 0.5) is 5.88 Å². The summed E-state index contributed by atoms with van der Waals surface area (Å²) in [4.78, 5) is 32.0. The number of fused-ring (bicyclic) bond motifs is 4. The molecule has 0 spiro atoms. The van der Waals surface area contributed by atoms with Gasteiger partial charge in [0.15, 0.2) is 17.9 Å². The van der Waals surface area contributed by atoms with E-state index in [2.05, 4.69) is 21.9 Å². The summed E-state index contributed by atoms with van der Waals surface area (Å²) in [5.74, 6) is 1.19. The van der Waals surface area contributed by atoms with Gasteiger partial charge in [-0.25, -0.2) is 0 Å². The zero-order valence-corrected chi connectivity index (χ0v) is 24.6. The van der Waals surface area contributed by atoms with Crippen molar-refractivity contribution in [2.75, 3.05) is 77.1 Å². The lowest BCUT2D eigenvalue weighted by atomic mass is 10.0. The molecule has 0 bridgehead atoms. The Morgan fingerprint density at radius 1 is 0.884 bits per heavy atom. The average Bonchev–Trinajstić information content (AvgIpc) is 3.42. The molecular weight excluding hydrogens is 566 g/mol. The number of amides is 1. The van der Waals surface area contributed by atoms with Crippen molar-refractivity contribution >= 4 is 54.3 Å². The van der Waals surface area contributed by atoms with Crippen molar-refractivity contribution in [2.45, 2.75) is 0 Å². The molecule has 2 fully saturated rings. The first-order valence-corrected chi connectivity index (χ1v) is 15.5. The molecule has 0 unspecified atom stereocenters. The number of piperazine rings is 1. The van der Waals surface area contributed by atoms with E-state index >= 15 is 0 Å². The van der Waals surface area contributed by atoms with Crippen molar-refractivity contribution in [3.05, 3.63) is 70.9 Å². The topological polar surface area (TPSA) is 95.7 Å². The summed E-state index contributed by atoms with van der Waals surface area (Å²) in [5, 5.41) is 11.8. The number of anilines is 1. The summed E-state index contributed by atoms with van der Waals surface area (Å²) < 4.78 is 20.1. The van der Waals surface area contributed by atoms with E-state index < -0.39 is 0 Å². The number of rotatable bonds is 7. The normalized spacial score (nSPS) is 16.4. The highest BCUT2D eigenvalue weighted by Crippen LogP contribution is 2.42. The molecule has 5 aromatic rings. The second-order valence-corrected chi connectivity index (χ2v) is 12.0. The monoisotopic (exact) mass is 599 g/mol. The van der Waals surface area contributed by atoms with E-state index in [9.17, 15) is 9.59 Å². The number of para-hydroxylation sites is 1. The minimum absolute atomic E-state index is 0.0145. The van der Waals surface area contributed by atoms with E-state index in [-0.39, 0.29) is 24.5 Å². The number of hydrogen-bond acceptors (Lipinski definition) is 9. The van der Waals surface area contributed by atoms with Crippen molar-refractivity contribution in [3.63, 3.8) is 0 Å². The van der Waals surface area contributed by atoms with E-state index in [1.807, 2.05) is 47.4 Å². The van der Waals surface area contributed by atoms with Crippen LogP contribution in [0.3, 0.4) is 0 Å². The lowest BCUT2D eigenvalue weighted by Crippen LogP contribution is -2.50. The molecule has 1 amide bonds. The number of benzene rings is 3. The molecule has 0 radical (unpaired) electrons.